The number of hydrogen-bond acceptors (Lipinski definition) is 2. The first-order chi connectivity index (χ1) is 32.7. The Bertz CT molecular complexity index is 3400. The Kier molecular flexibility index (Phi) is 8.63. The molecule has 0 atom stereocenters. The van der Waals surface area contributed by atoms with E-state index in [1.807, 2.05) is 0 Å². The van der Waals surface area contributed by atoms with Crippen molar-refractivity contribution in [1.29, 1.82) is 0 Å². The molecule has 4 bridgehead atoms. The molecule has 6 aliphatic carbocycles. The van der Waals surface area contributed by atoms with E-state index in [1.54, 1.807) is 11.1 Å². The number of allylic oxidation sites excluding steroid dienone is 4. The molecule has 15 rings (SSSR count). The Balaban J connectivity index is 0.905. The second-order valence-electron chi connectivity index (χ2n) is 19.9. The summed E-state index contributed by atoms with van der Waals surface area (Å²) in [4.78, 5) is 2.41. The van der Waals surface area contributed by atoms with Gasteiger partial charge in [0.05, 0.1) is 0 Å². The van der Waals surface area contributed by atoms with Crippen LogP contribution in [0.1, 0.15) is 61.6 Å². The van der Waals surface area contributed by atoms with Gasteiger partial charge in [-0.2, -0.15) is 0 Å². The minimum absolute atomic E-state index is 0.0963. The fourth-order valence-electron chi connectivity index (χ4n) is 14.0. The zero-order valence-corrected chi connectivity index (χ0v) is 37.2. The molecule has 2 nitrogen and oxygen atoms in total. The lowest BCUT2D eigenvalue weighted by Gasteiger charge is -2.61. The number of nitrogens with zero attached hydrogens (tertiary/aromatic N) is 1. The van der Waals surface area contributed by atoms with Gasteiger partial charge in [0.15, 0.2) is 0 Å². The number of rotatable bonds is 7. The molecule has 1 spiro atoms. The highest BCUT2D eigenvalue weighted by Crippen LogP contribution is 2.70. The van der Waals surface area contributed by atoms with E-state index in [1.165, 1.54) is 87.7 Å². The van der Waals surface area contributed by atoms with E-state index in [0.717, 1.165) is 63.7 Å². The molecule has 0 N–H and O–H groups in total. The largest absolute Gasteiger partial charge is 0.456 e. The lowest BCUT2D eigenvalue weighted by molar-refractivity contribution is -0.0397. The monoisotopic (exact) mass is 849 g/mol. The van der Waals surface area contributed by atoms with Crippen molar-refractivity contribution in [2.45, 2.75) is 50.4 Å². The van der Waals surface area contributed by atoms with Crippen molar-refractivity contribution in [2.24, 2.45) is 23.7 Å². The quantitative estimate of drug-likeness (QED) is 0.159. The van der Waals surface area contributed by atoms with Gasteiger partial charge in [0.2, 0.25) is 0 Å². The molecule has 0 saturated heterocycles. The summed E-state index contributed by atoms with van der Waals surface area (Å²) in [6.07, 6.45) is 16.1. The summed E-state index contributed by atoms with van der Waals surface area (Å²) in [7, 11) is 0. The summed E-state index contributed by atoms with van der Waals surface area (Å²) in [6.45, 7) is 0. The molecule has 1 heterocycles. The minimum Gasteiger partial charge on any atom is -0.456 e. The van der Waals surface area contributed by atoms with E-state index < -0.39 is 0 Å². The highest BCUT2D eigenvalue weighted by atomic mass is 16.3. The van der Waals surface area contributed by atoms with Crippen molar-refractivity contribution in [1.82, 2.24) is 0 Å². The molecule has 0 amide bonds. The zero-order chi connectivity index (χ0) is 43.3. The fourth-order valence-corrected chi connectivity index (χ4v) is 14.0. The smallest absolute Gasteiger partial charge is 0.136 e. The number of furan rings is 1. The van der Waals surface area contributed by atoms with Gasteiger partial charge in [-0.25, -0.2) is 0 Å². The molecule has 318 valence electrons. The van der Waals surface area contributed by atoms with Crippen LogP contribution in [0.2, 0.25) is 0 Å². The maximum atomic E-state index is 6.87. The summed E-state index contributed by atoms with van der Waals surface area (Å²) < 4.78 is 6.87. The van der Waals surface area contributed by atoms with E-state index in [4.69, 9.17) is 4.42 Å². The van der Waals surface area contributed by atoms with Crippen molar-refractivity contribution in [2.75, 3.05) is 4.90 Å². The highest BCUT2D eigenvalue weighted by molar-refractivity contribution is 6.08. The molecule has 0 unspecified atom stereocenters. The predicted molar refractivity (Wildman–Crippen MR) is 274 cm³/mol. The second-order valence-corrected chi connectivity index (χ2v) is 19.9. The van der Waals surface area contributed by atoms with Gasteiger partial charge in [0, 0.05) is 33.2 Å². The minimum atomic E-state index is 0.0963. The summed E-state index contributed by atoms with van der Waals surface area (Å²) in [5.41, 5.74) is 21.4. The third kappa shape index (κ3) is 5.80. The van der Waals surface area contributed by atoms with Gasteiger partial charge >= 0.3 is 0 Å². The maximum absolute atomic E-state index is 6.87. The van der Waals surface area contributed by atoms with Gasteiger partial charge in [0.1, 0.15) is 11.2 Å². The highest BCUT2D eigenvalue weighted by Gasteiger charge is 2.62. The number of benzene rings is 8. The van der Waals surface area contributed by atoms with Crippen molar-refractivity contribution in [3.63, 3.8) is 0 Å². The molecule has 0 radical (unpaired) electrons. The van der Waals surface area contributed by atoms with Gasteiger partial charge < -0.3 is 9.32 Å². The fraction of sp³-hybridized carbons (Fsp3) is 0.188. The molecule has 66 heavy (non-hydrogen) atoms. The van der Waals surface area contributed by atoms with Crippen LogP contribution in [0.5, 0.6) is 0 Å². The van der Waals surface area contributed by atoms with E-state index in [2.05, 4.69) is 205 Å². The molecule has 4 saturated carbocycles. The lowest BCUT2D eigenvalue weighted by Crippen LogP contribution is -2.55. The van der Waals surface area contributed by atoms with Gasteiger partial charge in [-0.1, -0.05) is 146 Å². The standard InChI is InChI=1S/C64H51NO/c1-4-13-43(14-5-1)44-23-26-50(27-24-44)65(51-28-31-53(45-15-6-2-7-16-45)58(39-51)46-17-8-3-9-18-46)52-29-32-61-59(40-52)56-30-25-47(38-62(56)66-61)54-20-12-21-57-55-19-10-11-22-60(55)64(63(54)57)48-34-41-33-42(36-48)37-49(64)35-41/h1,3-6,8-32,38-42,48-49H,2,7,33-37H2. The summed E-state index contributed by atoms with van der Waals surface area (Å²) in [6, 6.07) is 68.0. The van der Waals surface area contributed by atoms with Crippen LogP contribution in [-0.2, 0) is 5.41 Å². The second kappa shape index (κ2) is 14.9. The SMILES string of the molecule is C1=CC(c2ccc(N(c3ccc(-c4ccccc4)cc3)c3ccc4oc5cc(-c6cccc7c6C6(c8ccccc8-7)C7CC8CC(C7)CC6C8)ccc5c4c3)cc2-c2ccccc2)=CCC1. The van der Waals surface area contributed by atoms with E-state index in [-0.39, 0.29) is 5.41 Å². The van der Waals surface area contributed by atoms with Crippen LogP contribution < -0.4 is 4.90 Å². The van der Waals surface area contributed by atoms with Gasteiger partial charge in [-0.05, 0) is 190 Å². The molecule has 6 aliphatic rings. The van der Waals surface area contributed by atoms with Crippen LogP contribution >= 0.6 is 0 Å². The molecule has 8 aromatic carbocycles. The van der Waals surface area contributed by atoms with Crippen molar-refractivity contribution < 1.29 is 4.42 Å². The molecule has 4 fully saturated rings. The van der Waals surface area contributed by atoms with E-state index in [9.17, 15) is 0 Å². The lowest BCUT2D eigenvalue weighted by atomic mass is 9.42. The number of fused-ring (bicyclic) bond motifs is 6. The normalized spacial score (nSPS) is 22.2. The average molecular weight is 850 g/mol. The van der Waals surface area contributed by atoms with Gasteiger partial charge in [-0.3, -0.25) is 0 Å². The molecular weight excluding hydrogens is 799 g/mol. The molecule has 1 aromatic heterocycles. The number of hydrogen-bond donors (Lipinski definition) is 0. The summed E-state index contributed by atoms with van der Waals surface area (Å²) in [5, 5.41) is 2.27. The van der Waals surface area contributed by atoms with Gasteiger partial charge in [-0.15, -0.1) is 0 Å². The first kappa shape index (κ1) is 38.1. The molecule has 2 heteroatoms. The van der Waals surface area contributed by atoms with Crippen molar-refractivity contribution >= 4 is 44.6 Å². The Morgan fingerprint density at radius 3 is 1.85 bits per heavy atom. The van der Waals surface area contributed by atoms with Crippen LogP contribution in [0.15, 0.2) is 205 Å². The van der Waals surface area contributed by atoms with Gasteiger partial charge in [0.25, 0.3) is 0 Å². The number of anilines is 3. The van der Waals surface area contributed by atoms with Crippen LogP contribution in [0.4, 0.5) is 17.1 Å². The Labute approximate surface area is 387 Å². The van der Waals surface area contributed by atoms with Crippen molar-refractivity contribution in [3.05, 3.63) is 217 Å². The third-order valence-corrected chi connectivity index (χ3v) is 16.5. The van der Waals surface area contributed by atoms with Crippen molar-refractivity contribution in [3.8, 4) is 44.5 Å². The van der Waals surface area contributed by atoms with Crippen LogP contribution in [0.25, 0.3) is 72.0 Å². The third-order valence-electron chi connectivity index (χ3n) is 16.5. The molecule has 9 aromatic rings. The average Bonchev–Trinajstić information content (AvgIpc) is 3.89. The first-order valence-electron chi connectivity index (χ1n) is 24.4. The van der Waals surface area contributed by atoms with E-state index >= 15 is 0 Å². The first-order valence-corrected chi connectivity index (χ1v) is 24.4. The molecule has 0 aliphatic heterocycles. The Hall–Kier alpha value is -7.16. The topological polar surface area (TPSA) is 16.4 Å². The summed E-state index contributed by atoms with van der Waals surface area (Å²) >= 11 is 0. The maximum Gasteiger partial charge on any atom is 0.136 e. The van der Waals surface area contributed by atoms with Crippen LogP contribution in [0, 0.1) is 23.7 Å². The zero-order valence-electron chi connectivity index (χ0n) is 37.2. The van der Waals surface area contributed by atoms with E-state index in [0.29, 0.717) is 11.8 Å². The molecular formula is C64H51NO. The van der Waals surface area contributed by atoms with Crippen LogP contribution in [-0.4, -0.2) is 0 Å². The summed E-state index contributed by atoms with van der Waals surface area (Å²) in [5.74, 6) is 3.24. The van der Waals surface area contributed by atoms with Crippen LogP contribution in [0.3, 0.4) is 0 Å². The predicted octanol–water partition coefficient (Wildman–Crippen LogP) is 17.5. The Morgan fingerprint density at radius 1 is 0.424 bits per heavy atom. The Morgan fingerprint density at radius 2 is 1.08 bits per heavy atom.